The van der Waals surface area contributed by atoms with Crippen molar-refractivity contribution in [3.63, 3.8) is 0 Å². The van der Waals surface area contributed by atoms with Crippen LogP contribution in [0.4, 0.5) is 0 Å². The van der Waals surface area contributed by atoms with Crippen LogP contribution >= 0.6 is 0 Å². The monoisotopic (exact) mass is 901 g/mol. The van der Waals surface area contributed by atoms with E-state index in [0.717, 1.165) is 57.4 Å². The molecule has 0 fully saturated rings. The first-order valence-corrected chi connectivity index (χ1v) is 24.2. The van der Waals surface area contributed by atoms with Crippen molar-refractivity contribution in [1.29, 1.82) is 0 Å². The molecule has 2 aliphatic carbocycles. The van der Waals surface area contributed by atoms with Crippen molar-refractivity contribution in [2.45, 2.75) is 25.9 Å². The molecule has 3 heteroatoms. The van der Waals surface area contributed by atoms with Crippen molar-refractivity contribution in [3.8, 4) is 22.3 Å². The molecule has 0 heterocycles. The van der Waals surface area contributed by atoms with E-state index < -0.39 is 0 Å². The molecule has 0 amide bonds. The zero-order valence-corrected chi connectivity index (χ0v) is 39.7. The average Bonchev–Trinajstić information content (AvgIpc) is 3.42. The Labute approximate surface area is 411 Å². The summed E-state index contributed by atoms with van der Waals surface area (Å²) in [5, 5.41) is 12.7. The van der Waals surface area contributed by atoms with Gasteiger partial charge < -0.3 is 11.5 Å². The van der Waals surface area contributed by atoms with Crippen LogP contribution in [0.15, 0.2) is 254 Å². The summed E-state index contributed by atoms with van der Waals surface area (Å²) in [5.74, 6) is 0. The lowest BCUT2D eigenvalue weighted by Crippen LogP contribution is -2.33. The summed E-state index contributed by atoms with van der Waals surface area (Å²) in [6.07, 6.45) is 17.8. The first-order chi connectivity index (χ1) is 34.4. The maximum atomic E-state index is 6.95. The lowest BCUT2D eigenvalue weighted by atomic mass is 9.92. The number of rotatable bonds is 7. The Morgan fingerprint density at radius 3 is 1.53 bits per heavy atom. The van der Waals surface area contributed by atoms with Crippen LogP contribution < -0.4 is 11.5 Å². The summed E-state index contributed by atoms with van der Waals surface area (Å²) in [7, 11) is 2.17. The quantitative estimate of drug-likeness (QED) is 0.157. The van der Waals surface area contributed by atoms with Gasteiger partial charge in [0.1, 0.15) is 0 Å². The van der Waals surface area contributed by atoms with Crippen molar-refractivity contribution >= 4 is 65.3 Å². The number of nitrogens with zero attached hydrogens (tertiary/aromatic N) is 1. The summed E-state index contributed by atoms with van der Waals surface area (Å²) in [5.41, 5.74) is 27.1. The van der Waals surface area contributed by atoms with Crippen LogP contribution in [-0.2, 0) is 6.54 Å². The molecular formula is C67H55N3. The third-order valence-corrected chi connectivity index (χ3v) is 14.1. The molecule has 10 aromatic rings. The van der Waals surface area contributed by atoms with Gasteiger partial charge in [0.2, 0.25) is 0 Å². The highest BCUT2D eigenvalue weighted by Gasteiger charge is 2.21. The largest absolute Gasteiger partial charge is 0.398 e. The van der Waals surface area contributed by atoms with E-state index in [2.05, 4.69) is 256 Å². The maximum Gasteiger partial charge on any atom is 0.0555 e. The van der Waals surface area contributed by atoms with E-state index in [9.17, 15) is 0 Å². The topological polar surface area (TPSA) is 55.3 Å². The van der Waals surface area contributed by atoms with E-state index >= 15 is 0 Å². The number of hydrogen-bond donors (Lipinski definition) is 2. The minimum Gasteiger partial charge on any atom is -0.398 e. The van der Waals surface area contributed by atoms with Crippen LogP contribution in [-0.4, -0.2) is 18.0 Å². The molecule has 0 aromatic heterocycles. The Morgan fingerprint density at radius 2 is 0.971 bits per heavy atom. The van der Waals surface area contributed by atoms with Crippen LogP contribution in [0.1, 0.15) is 28.7 Å². The van der Waals surface area contributed by atoms with Gasteiger partial charge in [-0.05, 0) is 149 Å². The molecule has 0 saturated heterocycles. The van der Waals surface area contributed by atoms with Crippen molar-refractivity contribution < 1.29 is 0 Å². The molecule has 2 aliphatic rings. The summed E-state index contributed by atoms with van der Waals surface area (Å²) in [6.45, 7) is 2.92. The van der Waals surface area contributed by atoms with Crippen molar-refractivity contribution in [1.82, 2.24) is 4.90 Å². The summed E-state index contributed by atoms with van der Waals surface area (Å²) < 4.78 is 0. The van der Waals surface area contributed by atoms with Gasteiger partial charge >= 0.3 is 0 Å². The first kappa shape index (κ1) is 44.0. The van der Waals surface area contributed by atoms with E-state index in [0.29, 0.717) is 0 Å². The van der Waals surface area contributed by atoms with Gasteiger partial charge in [-0.3, -0.25) is 4.90 Å². The van der Waals surface area contributed by atoms with E-state index in [1.807, 2.05) is 6.08 Å². The average molecular weight is 902 g/mol. The fourth-order valence-electron chi connectivity index (χ4n) is 10.3. The molecule has 0 aliphatic heterocycles. The molecule has 0 bridgehead atoms. The predicted octanol–water partition coefficient (Wildman–Crippen LogP) is 16.3. The van der Waals surface area contributed by atoms with Gasteiger partial charge in [0.25, 0.3) is 0 Å². The van der Waals surface area contributed by atoms with Gasteiger partial charge in [0.05, 0.1) is 6.04 Å². The number of hydrogen-bond acceptors (Lipinski definition) is 3. The normalized spacial score (nSPS) is 15.8. The maximum absolute atomic E-state index is 6.95. The highest BCUT2D eigenvalue weighted by atomic mass is 15.1. The number of allylic oxidation sites excluding steroid dienone is 7. The highest BCUT2D eigenvalue weighted by Crippen LogP contribution is 2.37. The molecule has 10 aromatic carbocycles. The van der Waals surface area contributed by atoms with E-state index in [1.54, 1.807) is 0 Å². The zero-order valence-electron chi connectivity index (χ0n) is 39.7. The van der Waals surface area contributed by atoms with Gasteiger partial charge in [0.15, 0.2) is 0 Å². The molecular weight excluding hydrogens is 847 g/mol. The molecule has 0 spiro atoms. The molecule has 1 atom stereocenters. The minimum atomic E-state index is 0.0520. The second-order valence-electron chi connectivity index (χ2n) is 18.6. The van der Waals surface area contributed by atoms with Gasteiger partial charge in [0, 0.05) is 17.9 Å². The molecule has 4 N–H and O–H groups in total. The van der Waals surface area contributed by atoms with Crippen LogP contribution in [0.3, 0.4) is 0 Å². The molecule has 0 saturated carbocycles. The molecule has 70 heavy (non-hydrogen) atoms. The van der Waals surface area contributed by atoms with Gasteiger partial charge in [-0.2, -0.15) is 0 Å². The summed E-state index contributed by atoms with van der Waals surface area (Å²) >= 11 is 0. The number of likely N-dealkylation sites (N-methyl/N-ethyl adjacent to an activating group) is 1. The van der Waals surface area contributed by atoms with Gasteiger partial charge in [-0.25, -0.2) is 0 Å². The van der Waals surface area contributed by atoms with E-state index in [4.69, 9.17) is 11.5 Å². The first-order valence-electron chi connectivity index (χ1n) is 24.2. The molecule has 1 unspecified atom stereocenters. The SMILES string of the molecule is CN(Cc1ccc(-c2cc3ccccc3c3ccccc23)cc1)C1C=CC=C/C1=C(/N)c1ccc2cc(/C(N)=C3\C=CC=CC3)ccc2c1.Cc1ccc(-c2cc3ccccc3c3ccccc23)cc1. The van der Waals surface area contributed by atoms with Crippen LogP contribution in [0.25, 0.3) is 87.5 Å². The van der Waals surface area contributed by atoms with Crippen LogP contribution in [0.2, 0.25) is 0 Å². The smallest absolute Gasteiger partial charge is 0.0555 e. The molecule has 12 rings (SSSR count). The second kappa shape index (κ2) is 19.2. The van der Waals surface area contributed by atoms with E-state index in [-0.39, 0.29) is 6.04 Å². The molecule has 0 radical (unpaired) electrons. The third-order valence-electron chi connectivity index (χ3n) is 14.1. The van der Waals surface area contributed by atoms with Crippen molar-refractivity contribution in [2.24, 2.45) is 11.5 Å². The van der Waals surface area contributed by atoms with Gasteiger partial charge in [-0.15, -0.1) is 0 Å². The zero-order chi connectivity index (χ0) is 47.6. The fraction of sp³-hybridized carbons (Fsp3) is 0.0746. The highest BCUT2D eigenvalue weighted by molar-refractivity contribution is 6.15. The Kier molecular flexibility index (Phi) is 12.1. The Balaban J connectivity index is 0.000000210. The number of aryl methyl sites for hydroxylation is 1. The van der Waals surface area contributed by atoms with Crippen LogP contribution in [0.5, 0.6) is 0 Å². The summed E-state index contributed by atoms with van der Waals surface area (Å²) in [6, 6.07) is 70.0. The number of benzene rings is 10. The third kappa shape index (κ3) is 8.76. The number of fused-ring (bicyclic) bond motifs is 7. The second-order valence-corrected chi connectivity index (χ2v) is 18.6. The predicted molar refractivity (Wildman–Crippen MR) is 301 cm³/mol. The molecule has 338 valence electrons. The lowest BCUT2D eigenvalue weighted by molar-refractivity contribution is 0.303. The standard InChI is InChI=1S/C46H39N3.C21H16/c1-49(30-31-19-21-32(22-20-31)43-29-36-13-5-6-14-39(36)40-15-7-8-16-41(40)43)44-18-10-9-17-42(44)46(48)38-26-24-34-27-37(25-23-35(34)28-38)45(47)33-11-3-2-4-12-33;1-15-10-12-16(13-11-15)21-14-17-6-2-3-7-18(17)19-8-4-5-9-20(19)21/h2-11,13-29,44H,12,30,47-48H2,1H3;2-14H,1H3/b45-33-,46-42-;. The van der Waals surface area contributed by atoms with Crippen molar-refractivity contribution in [2.75, 3.05) is 7.05 Å². The van der Waals surface area contributed by atoms with Crippen LogP contribution in [0, 0.1) is 6.92 Å². The van der Waals surface area contributed by atoms with Gasteiger partial charge in [-0.1, -0.05) is 224 Å². The van der Waals surface area contributed by atoms with Crippen molar-refractivity contribution in [3.05, 3.63) is 276 Å². The number of nitrogens with two attached hydrogens (primary N) is 2. The minimum absolute atomic E-state index is 0.0520. The van der Waals surface area contributed by atoms with E-state index in [1.165, 1.54) is 76.5 Å². The Hall–Kier alpha value is -8.50. The Bertz CT molecular complexity index is 3810. The lowest BCUT2D eigenvalue weighted by Gasteiger charge is -2.29. The summed E-state index contributed by atoms with van der Waals surface area (Å²) in [4.78, 5) is 2.36. The Morgan fingerprint density at radius 1 is 0.471 bits per heavy atom. The fourth-order valence-corrected chi connectivity index (χ4v) is 10.3. The molecule has 3 nitrogen and oxygen atoms in total.